The topological polar surface area (TPSA) is 75.7 Å². The van der Waals surface area contributed by atoms with Gasteiger partial charge in [-0.15, -0.1) is 0 Å². The molecule has 172 valence electrons. The Morgan fingerprint density at radius 1 is 1.12 bits per heavy atom. The van der Waals surface area contributed by atoms with Crippen molar-refractivity contribution in [2.75, 3.05) is 17.1 Å². The van der Waals surface area contributed by atoms with E-state index in [9.17, 15) is 13.2 Å². The third-order valence-corrected chi connectivity index (χ3v) is 7.52. The molecule has 1 N–H and O–H groups in total. The largest absolute Gasteiger partial charge is 0.476 e. The summed E-state index contributed by atoms with van der Waals surface area (Å²) in [6, 6.07) is 11.7. The Morgan fingerprint density at radius 2 is 1.84 bits per heavy atom. The number of carbonyl (C=O) groups is 1. The van der Waals surface area contributed by atoms with Crippen molar-refractivity contribution in [1.29, 1.82) is 0 Å². The number of ether oxygens (including phenoxy) is 1. The van der Waals surface area contributed by atoms with Gasteiger partial charge in [-0.2, -0.15) is 0 Å². The number of carbonyl (C=O) groups excluding carboxylic acids is 1. The highest BCUT2D eigenvalue weighted by Crippen LogP contribution is 2.38. The van der Waals surface area contributed by atoms with Crippen LogP contribution in [0.2, 0.25) is 0 Å². The van der Waals surface area contributed by atoms with Crippen molar-refractivity contribution >= 4 is 21.6 Å². The molecule has 0 spiro atoms. The lowest BCUT2D eigenvalue weighted by Gasteiger charge is -2.35. The molecule has 1 amide bonds. The van der Waals surface area contributed by atoms with Gasteiger partial charge in [-0.25, -0.2) is 8.42 Å². The summed E-state index contributed by atoms with van der Waals surface area (Å²) in [6.45, 7) is 8.09. The van der Waals surface area contributed by atoms with Crippen LogP contribution in [0.4, 0.5) is 5.69 Å². The Balaban J connectivity index is 1.56. The summed E-state index contributed by atoms with van der Waals surface area (Å²) in [6.07, 6.45) is 3.60. The first kappa shape index (κ1) is 22.6. The summed E-state index contributed by atoms with van der Waals surface area (Å²) in [5, 5.41) is 3.01. The minimum atomic E-state index is -3.58. The van der Waals surface area contributed by atoms with Crippen molar-refractivity contribution < 1.29 is 17.9 Å². The number of aryl methyl sites for hydroxylation is 2. The van der Waals surface area contributed by atoms with Crippen LogP contribution in [0.3, 0.4) is 0 Å². The van der Waals surface area contributed by atoms with Gasteiger partial charge in [0.05, 0.1) is 24.5 Å². The van der Waals surface area contributed by atoms with Crippen molar-refractivity contribution in [2.24, 2.45) is 0 Å². The van der Waals surface area contributed by atoms with E-state index in [4.69, 9.17) is 4.74 Å². The third kappa shape index (κ3) is 4.49. The molecule has 1 heterocycles. The molecular weight excluding hydrogens is 424 g/mol. The van der Waals surface area contributed by atoms with Gasteiger partial charge in [0.25, 0.3) is 5.91 Å². The van der Waals surface area contributed by atoms with Gasteiger partial charge in [0.1, 0.15) is 5.75 Å². The highest BCUT2D eigenvalue weighted by molar-refractivity contribution is 7.92. The molecule has 0 radical (unpaired) electrons. The maximum atomic E-state index is 13.1. The van der Waals surface area contributed by atoms with E-state index in [1.807, 2.05) is 19.1 Å². The van der Waals surface area contributed by atoms with Crippen molar-refractivity contribution in [2.45, 2.75) is 64.5 Å². The van der Waals surface area contributed by atoms with Gasteiger partial charge in [0, 0.05) is 0 Å². The summed E-state index contributed by atoms with van der Waals surface area (Å²) < 4.78 is 32.4. The lowest BCUT2D eigenvalue weighted by atomic mass is 9.86. The normalized spacial score (nSPS) is 19.0. The summed E-state index contributed by atoms with van der Waals surface area (Å²) >= 11 is 0. The summed E-state index contributed by atoms with van der Waals surface area (Å²) in [5.41, 5.74) is 5.13. The van der Waals surface area contributed by atoms with Crippen molar-refractivity contribution in [3.63, 3.8) is 0 Å². The zero-order valence-electron chi connectivity index (χ0n) is 19.4. The molecule has 7 heteroatoms. The molecular formula is C25H32N2O4S. The fourth-order valence-corrected chi connectivity index (χ4v) is 5.33. The van der Waals surface area contributed by atoms with Crippen LogP contribution in [0, 0.1) is 0 Å². The maximum absolute atomic E-state index is 13.1. The fourth-order valence-electron chi connectivity index (χ4n) is 4.42. The molecule has 2 aliphatic rings. The van der Waals surface area contributed by atoms with E-state index in [2.05, 4.69) is 44.3 Å². The number of nitrogens with one attached hydrogen (secondary N) is 1. The Hall–Kier alpha value is -2.54. The van der Waals surface area contributed by atoms with Crippen LogP contribution in [-0.2, 0) is 33.1 Å². The molecule has 2 aromatic rings. The number of hydrogen-bond acceptors (Lipinski definition) is 4. The molecule has 0 aromatic heterocycles. The molecule has 0 bridgehead atoms. The highest BCUT2D eigenvalue weighted by atomic mass is 32.2. The average molecular weight is 457 g/mol. The highest BCUT2D eigenvalue weighted by Gasteiger charge is 2.36. The van der Waals surface area contributed by atoms with Crippen LogP contribution in [0.1, 0.15) is 62.4 Å². The van der Waals surface area contributed by atoms with Gasteiger partial charge in [-0.1, -0.05) is 45.0 Å². The Labute approximate surface area is 191 Å². The second-order valence-electron chi connectivity index (χ2n) is 9.95. The monoisotopic (exact) mass is 456 g/mol. The number of amides is 1. The summed E-state index contributed by atoms with van der Waals surface area (Å²) in [5.74, 6) is 0.0807. The molecule has 0 fully saturated rings. The molecule has 4 rings (SSSR count). The number of rotatable bonds is 4. The molecule has 6 nitrogen and oxygen atoms in total. The van der Waals surface area contributed by atoms with E-state index in [0.717, 1.165) is 30.2 Å². The van der Waals surface area contributed by atoms with E-state index in [0.29, 0.717) is 11.4 Å². The molecule has 0 unspecified atom stereocenters. The SMILES string of the molecule is C[C@H](NC(=O)[C@H]1CN(S(C)(=O)=O)c2cc(C(C)(C)C)ccc2O1)c1ccc2c(c1)CCC2. The smallest absolute Gasteiger partial charge is 0.263 e. The van der Waals surface area contributed by atoms with Crippen LogP contribution in [-0.4, -0.2) is 33.2 Å². The molecule has 0 saturated heterocycles. The van der Waals surface area contributed by atoms with Gasteiger partial charge in [-0.05, 0) is 66.0 Å². The van der Waals surface area contributed by atoms with E-state index in [1.165, 1.54) is 21.9 Å². The number of benzene rings is 2. The minimum absolute atomic E-state index is 0.0534. The first-order valence-corrected chi connectivity index (χ1v) is 13.0. The molecule has 1 aliphatic heterocycles. The predicted octanol–water partition coefficient (Wildman–Crippen LogP) is 3.88. The van der Waals surface area contributed by atoms with Gasteiger partial charge >= 0.3 is 0 Å². The average Bonchev–Trinajstić information content (AvgIpc) is 3.18. The molecule has 0 saturated carbocycles. The third-order valence-electron chi connectivity index (χ3n) is 6.37. The second kappa shape index (κ2) is 8.10. The lowest BCUT2D eigenvalue weighted by Crippen LogP contribution is -2.50. The van der Waals surface area contributed by atoms with Crippen LogP contribution < -0.4 is 14.4 Å². The van der Waals surface area contributed by atoms with Gasteiger partial charge < -0.3 is 10.1 Å². The lowest BCUT2D eigenvalue weighted by molar-refractivity contribution is -0.128. The van der Waals surface area contributed by atoms with Gasteiger partial charge in [-0.3, -0.25) is 9.10 Å². The zero-order chi connectivity index (χ0) is 23.3. The zero-order valence-corrected chi connectivity index (χ0v) is 20.3. The molecule has 2 aromatic carbocycles. The first-order valence-electron chi connectivity index (χ1n) is 11.1. The Morgan fingerprint density at radius 3 is 2.53 bits per heavy atom. The van der Waals surface area contributed by atoms with E-state index < -0.39 is 16.1 Å². The summed E-state index contributed by atoms with van der Waals surface area (Å²) in [7, 11) is -3.58. The number of nitrogens with zero attached hydrogens (tertiary/aromatic N) is 1. The van der Waals surface area contributed by atoms with E-state index in [1.54, 1.807) is 6.07 Å². The fraction of sp³-hybridized carbons (Fsp3) is 0.480. The van der Waals surface area contributed by atoms with Crippen LogP contribution in [0.15, 0.2) is 36.4 Å². The number of sulfonamides is 1. The number of anilines is 1. The standard InChI is InChI=1S/C25H32N2O4S/c1-16(18-10-9-17-7-6-8-19(17)13-18)26-24(28)23-15-27(32(5,29)30)21-14-20(25(2,3)4)11-12-22(21)31-23/h9-14,16,23H,6-8,15H2,1-5H3,(H,26,28)/t16-,23+/m0/s1. The Bertz CT molecular complexity index is 1150. The molecule has 1 aliphatic carbocycles. The molecule has 32 heavy (non-hydrogen) atoms. The van der Waals surface area contributed by atoms with Crippen molar-refractivity contribution in [3.8, 4) is 5.75 Å². The van der Waals surface area contributed by atoms with Crippen LogP contribution in [0.5, 0.6) is 5.75 Å². The first-order chi connectivity index (χ1) is 14.9. The van der Waals surface area contributed by atoms with Crippen molar-refractivity contribution in [3.05, 3.63) is 58.7 Å². The van der Waals surface area contributed by atoms with Crippen molar-refractivity contribution in [1.82, 2.24) is 5.32 Å². The van der Waals surface area contributed by atoms with Gasteiger partial charge in [0.15, 0.2) is 6.10 Å². The maximum Gasteiger partial charge on any atom is 0.263 e. The van der Waals surface area contributed by atoms with Crippen LogP contribution in [0.25, 0.3) is 0 Å². The Kier molecular flexibility index (Phi) is 5.74. The predicted molar refractivity (Wildman–Crippen MR) is 127 cm³/mol. The van der Waals surface area contributed by atoms with E-state index >= 15 is 0 Å². The van der Waals surface area contributed by atoms with Gasteiger partial charge in [0.2, 0.25) is 10.0 Å². The second-order valence-corrected chi connectivity index (χ2v) is 11.9. The quantitative estimate of drug-likeness (QED) is 0.758. The number of fused-ring (bicyclic) bond motifs is 2. The number of hydrogen-bond donors (Lipinski definition) is 1. The minimum Gasteiger partial charge on any atom is -0.476 e. The summed E-state index contributed by atoms with van der Waals surface area (Å²) in [4.78, 5) is 13.1. The van der Waals surface area contributed by atoms with Crippen LogP contribution >= 0.6 is 0 Å². The van der Waals surface area contributed by atoms with E-state index in [-0.39, 0.29) is 23.9 Å². The molecule has 2 atom stereocenters.